The van der Waals surface area contributed by atoms with Crippen LogP contribution < -0.4 is 5.73 Å². The standard InChI is InChI=1S/C14H30N4O2S/c1-3-12-21(19,20)18-6-4-14(13-15,5-7-18)17-10-8-16(2)9-11-17/h3-13,15H2,1-2H3. The van der Waals surface area contributed by atoms with Crippen LogP contribution in [0, 0.1) is 0 Å². The summed E-state index contributed by atoms with van der Waals surface area (Å²) < 4.78 is 26.0. The second-order valence-electron chi connectivity index (χ2n) is 6.43. The first kappa shape index (κ1) is 17.1. The normalized spacial score (nSPS) is 26.0. The van der Waals surface area contributed by atoms with Gasteiger partial charge in [-0.3, -0.25) is 4.90 Å². The fourth-order valence-corrected chi connectivity index (χ4v) is 5.01. The smallest absolute Gasteiger partial charge is 0.214 e. The number of piperidine rings is 1. The Bertz CT molecular complexity index is 424. The Kier molecular flexibility index (Phi) is 5.65. The number of nitrogens with two attached hydrogens (primary N) is 1. The minimum atomic E-state index is -3.07. The second kappa shape index (κ2) is 6.91. The van der Waals surface area contributed by atoms with Crippen molar-refractivity contribution in [1.29, 1.82) is 0 Å². The molecule has 0 aromatic carbocycles. The molecular weight excluding hydrogens is 288 g/mol. The molecule has 2 N–H and O–H groups in total. The molecule has 2 aliphatic rings. The lowest BCUT2D eigenvalue weighted by Crippen LogP contribution is -2.63. The van der Waals surface area contributed by atoms with E-state index in [0.29, 0.717) is 26.1 Å². The molecule has 7 heteroatoms. The molecule has 0 aromatic rings. The summed E-state index contributed by atoms with van der Waals surface area (Å²) in [5, 5.41) is 0. The van der Waals surface area contributed by atoms with Crippen molar-refractivity contribution in [3.63, 3.8) is 0 Å². The minimum Gasteiger partial charge on any atom is -0.329 e. The van der Waals surface area contributed by atoms with Crippen LogP contribution in [0.25, 0.3) is 0 Å². The van der Waals surface area contributed by atoms with Crippen molar-refractivity contribution in [2.24, 2.45) is 5.73 Å². The molecule has 0 aliphatic carbocycles. The first-order valence-corrected chi connectivity index (χ1v) is 9.66. The van der Waals surface area contributed by atoms with Gasteiger partial charge in [0.2, 0.25) is 10.0 Å². The molecule has 2 fully saturated rings. The van der Waals surface area contributed by atoms with Crippen LogP contribution in [0.2, 0.25) is 0 Å². The van der Waals surface area contributed by atoms with E-state index in [1.54, 1.807) is 4.31 Å². The largest absolute Gasteiger partial charge is 0.329 e. The second-order valence-corrected chi connectivity index (χ2v) is 8.52. The molecule has 2 aliphatic heterocycles. The quantitative estimate of drug-likeness (QED) is 0.758. The first-order chi connectivity index (χ1) is 9.93. The molecule has 0 spiro atoms. The number of hydrogen-bond acceptors (Lipinski definition) is 5. The summed E-state index contributed by atoms with van der Waals surface area (Å²) in [6, 6.07) is 0. The average Bonchev–Trinajstić information content (AvgIpc) is 2.48. The van der Waals surface area contributed by atoms with Crippen molar-refractivity contribution in [1.82, 2.24) is 14.1 Å². The fraction of sp³-hybridized carbons (Fsp3) is 1.00. The Labute approximate surface area is 129 Å². The van der Waals surface area contributed by atoms with Gasteiger partial charge in [0.25, 0.3) is 0 Å². The number of sulfonamides is 1. The van der Waals surface area contributed by atoms with Gasteiger partial charge in [0, 0.05) is 51.4 Å². The van der Waals surface area contributed by atoms with E-state index in [4.69, 9.17) is 5.73 Å². The Morgan fingerprint density at radius 2 is 1.62 bits per heavy atom. The minimum absolute atomic E-state index is 0.000501. The fourth-order valence-electron chi connectivity index (χ4n) is 3.50. The van der Waals surface area contributed by atoms with E-state index in [-0.39, 0.29) is 11.3 Å². The zero-order chi connectivity index (χ0) is 15.5. The Hall–Kier alpha value is -0.210. The van der Waals surface area contributed by atoms with Gasteiger partial charge in [-0.25, -0.2) is 12.7 Å². The molecule has 2 heterocycles. The van der Waals surface area contributed by atoms with Crippen LogP contribution in [0.15, 0.2) is 0 Å². The molecule has 124 valence electrons. The van der Waals surface area contributed by atoms with Crippen LogP contribution in [0.3, 0.4) is 0 Å². The van der Waals surface area contributed by atoms with Gasteiger partial charge in [-0.1, -0.05) is 6.92 Å². The molecule has 0 saturated carbocycles. The summed E-state index contributed by atoms with van der Waals surface area (Å²) in [6.07, 6.45) is 2.39. The summed E-state index contributed by atoms with van der Waals surface area (Å²) in [5.74, 6) is 0.261. The van der Waals surface area contributed by atoms with Crippen LogP contribution in [-0.4, -0.2) is 86.7 Å². The molecule has 0 amide bonds. The van der Waals surface area contributed by atoms with E-state index in [9.17, 15) is 8.42 Å². The maximum Gasteiger partial charge on any atom is 0.214 e. The van der Waals surface area contributed by atoms with Crippen LogP contribution in [0.1, 0.15) is 26.2 Å². The van der Waals surface area contributed by atoms with Crippen LogP contribution >= 0.6 is 0 Å². The van der Waals surface area contributed by atoms with Crippen LogP contribution in [0.4, 0.5) is 0 Å². The zero-order valence-corrected chi connectivity index (χ0v) is 14.2. The third-order valence-corrected chi connectivity index (χ3v) is 7.14. The van der Waals surface area contributed by atoms with Gasteiger partial charge in [-0.05, 0) is 26.3 Å². The van der Waals surface area contributed by atoms with Gasteiger partial charge in [-0.2, -0.15) is 0 Å². The summed E-state index contributed by atoms with van der Waals surface area (Å²) in [4.78, 5) is 4.83. The lowest BCUT2D eigenvalue weighted by Gasteiger charge is -2.50. The number of piperazine rings is 1. The number of rotatable bonds is 5. The highest BCUT2D eigenvalue weighted by molar-refractivity contribution is 7.89. The van der Waals surface area contributed by atoms with E-state index in [1.807, 2.05) is 6.92 Å². The molecule has 2 rings (SSSR count). The van der Waals surface area contributed by atoms with Crippen molar-refractivity contribution in [2.75, 3.05) is 58.6 Å². The Morgan fingerprint density at radius 1 is 1.05 bits per heavy atom. The highest BCUT2D eigenvalue weighted by Gasteiger charge is 2.41. The number of likely N-dealkylation sites (N-methyl/N-ethyl adjacent to an activating group) is 1. The van der Waals surface area contributed by atoms with Crippen LogP contribution in [-0.2, 0) is 10.0 Å². The van der Waals surface area contributed by atoms with Crippen molar-refractivity contribution < 1.29 is 8.42 Å². The average molecular weight is 318 g/mol. The molecule has 0 unspecified atom stereocenters. The molecule has 0 radical (unpaired) electrons. The van der Waals surface area contributed by atoms with E-state index >= 15 is 0 Å². The molecule has 6 nitrogen and oxygen atoms in total. The van der Waals surface area contributed by atoms with Gasteiger partial charge in [-0.15, -0.1) is 0 Å². The van der Waals surface area contributed by atoms with Gasteiger partial charge < -0.3 is 10.6 Å². The van der Waals surface area contributed by atoms with Crippen molar-refractivity contribution in [2.45, 2.75) is 31.7 Å². The molecule has 0 aromatic heterocycles. The number of hydrogen-bond donors (Lipinski definition) is 1. The summed E-state index contributed by atoms with van der Waals surface area (Å²) >= 11 is 0. The maximum atomic E-state index is 12.2. The predicted molar refractivity (Wildman–Crippen MR) is 85.7 cm³/mol. The van der Waals surface area contributed by atoms with Crippen molar-refractivity contribution >= 4 is 10.0 Å². The van der Waals surface area contributed by atoms with Gasteiger partial charge in [0.1, 0.15) is 0 Å². The third-order valence-electron chi connectivity index (χ3n) is 5.06. The van der Waals surface area contributed by atoms with Gasteiger partial charge in [0.05, 0.1) is 5.75 Å². The monoisotopic (exact) mass is 318 g/mol. The van der Waals surface area contributed by atoms with E-state index in [1.165, 1.54) is 0 Å². The summed E-state index contributed by atoms with van der Waals surface area (Å²) in [7, 11) is -0.920. The number of nitrogens with zero attached hydrogens (tertiary/aromatic N) is 3. The lowest BCUT2D eigenvalue weighted by molar-refractivity contribution is 0.0124. The third kappa shape index (κ3) is 3.76. The first-order valence-electron chi connectivity index (χ1n) is 8.05. The topological polar surface area (TPSA) is 69.9 Å². The molecule has 0 bridgehead atoms. The maximum absolute atomic E-state index is 12.2. The summed E-state index contributed by atoms with van der Waals surface area (Å²) in [5.41, 5.74) is 6.09. The Morgan fingerprint density at radius 3 is 2.10 bits per heavy atom. The van der Waals surface area contributed by atoms with Crippen molar-refractivity contribution in [3.8, 4) is 0 Å². The molecule has 2 saturated heterocycles. The van der Waals surface area contributed by atoms with Gasteiger partial charge in [0.15, 0.2) is 0 Å². The van der Waals surface area contributed by atoms with Crippen molar-refractivity contribution in [3.05, 3.63) is 0 Å². The lowest BCUT2D eigenvalue weighted by atomic mass is 9.86. The zero-order valence-electron chi connectivity index (χ0n) is 13.4. The van der Waals surface area contributed by atoms with Gasteiger partial charge >= 0.3 is 0 Å². The molecular formula is C14H30N4O2S. The SMILES string of the molecule is CCCS(=O)(=O)N1CCC(CN)(N2CCN(C)CC2)CC1. The predicted octanol–water partition coefficient (Wildman–Crippen LogP) is -0.233. The highest BCUT2D eigenvalue weighted by atomic mass is 32.2. The molecule has 0 atom stereocenters. The molecule has 21 heavy (non-hydrogen) atoms. The van der Waals surface area contributed by atoms with E-state index in [2.05, 4.69) is 16.8 Å². The van der Waals surface area contributed by atoms with Crippen LogP contribution in [0.5, 0.6) is 0 Å². The van der Waals surface area contributed by atoms with E-state index < -0.39 is 10.0 Å². The summed E-state index contributed by atoms with van der Waals surface area (Å²) in [6.45, 7) is 7.98. The highest BCUT2D eigenvalue weighted by Crippen LogP contribution is 2.30. The Balaban J connectivity index is 1.99. The van der Waals surface area contributed by atoms with E-state index in [0.717, 1.165) is 39.0 Å².